The summed E-state index contributed by atoms with van der Waals surface area (Å²) in [5, 5.41) is 35.8. The quantitative estimate of drug-likeness (QED) is 0.145. The van der Waals surface area contributed by atoms with E-state index in [0.29, 0.717) is 19.3 Å². The molecule has 2 N–H and O–H groups in total. The highest BCUT2D eigenvalue weighted by Crippen LogP contribution is 2.45. The average Bonchev–Trinajstić information content (AvgIpc) is 3.43. The number of esters is 2. The first-order chi connectivity index (χ1) is 23.1. The Hall–Kier alpha value is -3.75. The van der Waals surface area contributed by atoms with Crippen LogP contribution in [0.2, 0.25) is 0 Å². The van der Waals surface area contributed by atoms with Crippen LogP contribution in [0.5, 0.6) is 5.88 Å². The van der Waals surface area contributed by atoms with Crippen LogP contribution >= 0.6 is 0 Å². The Kier molecular flexibility index (Phi) is 12.7. The van der Waals surface area contributed by atoms with Crippen molar-refractivity contribution in [3.8, 4) is 5.88 Å². The molecule has 0 amide bonds. The summed E-state index contributed by atoms with van der Waals surface area (Å²) >= 11 is 0. The number of aliphatic hydroxyl groups is 2. The monoisotopic (exact) mass is 704 g/mol. The fraction of sp³-hybridized carbons (Fsp3) is 0.600. The summed E-state index contributed by atoms with van der Waals surface area (Å²) < 4.78 is 46.6. The van der Waals surface area contributed by atoms with Gasteiger partial charge in [-0.05, 0) is 86.3 Å². The number of hydrogen-bond donors (Lipinski definition) is 2. The first kappa shape index (κ1) is 38.1. The molecule has 2 aliphatic carbocycles. The second kappa shape index (κ2) is 16.3. The number of rotatable bonds is 16. The Bertz CT molecular complexity index is 1600. The molecule has 0 bridgehead atoms. The molecule has 0 spiro atoms. The zero-order valence-electron chi connectivity index (χ0n) is 28.7. The molecule has 13 nitrogen and oxygen atoms in total. The fourth-order valence-electron chi connectivity index (χ4n) is 6.35. The van der Waals surface area contributed by atoms with Gasteiger partial charge < -0.3 is 29.6 Å². The van der Waals surface area contributed by atoms with Crippen LogP contribution in [0.1, 0.15) is 73.1 Å². The summed E-state index contributed by atoms with van der Waals surface area (Å²) in [5.74, 6) is -0.960. The van der Waals surface area contributed by atoms with Crippen molar-refractivity contribution in [3.05, 3.63) is 59.3 Å². The van der Waals surface area contributed by atoms with E-state index in [1.54, 1.807) is 6.07 Å². The van der Waals surface area contributed by atoms with Gasteiger partial charge in [-0.1, -0.05) is 57.2 Å². The molecule has 0 aliphatic heterocycles. The maximum Gasteiger partial charge on any atom is 0.415 e. The lowest BCUT2D eigenvalue weighted by atomic mass is 9.65. The summed E-state index contributed by atoms with van der Waals surface area (Å²) in [6.45, 7) is 9.33. The largest absolute Gasteiger partial charge is 0.462 e. The number of fused-ring (bicyclic) bond motifs is 1. The van der Waals surface area contributed by atoms with Gasteiger partial charge in [-0.2, -0.15) is 0 Å². The minimum Gasteiger partial charge on any atom is -0.462 e. The normalized spacial score (nSPS) is 23.6. The maximum atomic E-state index is 13.0. The molecular formula is C35H48N2O11S. The van der Waals surface area contributed by atoms with E-state index in [9.17, 15) is 33.4 Å². The number of carbonyl (C=O) groups is 2. The molecule has 0 saturated carbocycles. The molecule has 4 rings (SSSR count). The predicted octanol–water partition coefficient (Wildman–Crippen LogP) is 4.10. The Morgan fingerprint density at radius 3 is 2.55 bits per heavy atom. The van der Waals surface area contributed by atoms with Gasteiger partial charge in [-0.15, -0.1) is 0 Å². The highest BCUT2D eigenvalue weighted by molar-refractivity contribution is 7.91. The first-order valence-electron chi connectivity index (χ1n) is 16.8. The Morgan fingerprint density at radius 2 is 1.86 bits per heavy atom. The minimum absolute atomic E-state index is 0.00715. The van der Waals surface area contributed by atoms with Gasteiger partial charge in [0.1, 0.15) is 19.3 Å². The third-order valence-corrected chi connectivity index (χ3v) is 11.2. The molecule has 2 aliphatic rings. The van der Waals surface area contributed by atoms with Crippen LogP contribution < -0.4 is 9.64 Å². The van der Waals surface area contributed by atoms with E-state index < -0.39 is 44.3 Å². The van der Waals surface area contributed by atoms with Crippen LogP contribution in [0.3, 0.4) is 0 Å². The van der Waals surface area contributed by atoms with Crippen molar-refractivity contribution in [1.82, 2.24) is 5.16 Å². The molecule has 0 saturated heterocycles. The number of carbonyl (C=O) groups excluding carboxylic acids is 2. The lowest BCUT2D eigenvalue weighted by Crippen LogP contribution is -2.43. The summed E-state index contributed by atoms with van der Waals surface area (Å²) in [6, 6.07) is 7.21. The van der Waals surface area contributed by atoms with E-state index >= 15 is 0 Å². The van der Waals surface area contributed by atoms with Crippen LogP contribution in [0.25, 0.3) is 0 Å². The lowest BCUT2D eigenvalue weighted by molar-refractivity contribution is -0.832. The molecule has 1 aromatic carbocycles. The van der Waals surface area contributed by atoms with Gasteiger partial charge in [0.05, 0.1) is 34.1 Å². The number of allylic oxidation sites excluding steroid dienone is 3. The van der Waals surface area contributed by atoms with E-state index in [1.165, 1.54) is 24.3 Å². The number of sulfone groups is 1. The third kappa shape index (κ3) is 9.49. The predicted molar refractivity (Wildman–Crippen MR) is 175 cm³/mol. The molecule has 7 atom stereocenters. The molecular weight excluding hydrogens is 656 g/mol. The maximum absolute atomic E-state index is 13.0. The van der Waals surface area contributed by atoms with Crippen molar-refractivity contribution in [2.75, 3.05) is 13.2 Å². The van der Waals surface area contributed by atoms with E-state index in [4.69, 9.17) is 14.2 Å². The number of hydrogen-bond acceptors (Lipinski definition) is 12. The third-order valence-electron chi connectivity index (χ3n) is 9.51. The molecule has 270 valence electrons. The molecule has 49 heavy (non-hydrogen) atoms. The van der Waals surface area contributed by atoms with Gasteiger partial charge in [0.15, 0.2) is 0 Å². The molecule has 0 fully saturated rings. The van der Waals surface area contributed by atoms with Crippen molar-refractivity contribution in [2.24, 2.45) is 29.1 Å². The standard InChI is InChI=1S/C35H48N2O11S/c1-6-35(4,5)34(41)47-29-19-22(2)18-24-13-12-23(3)28(31(24)29)15-14-25(38)20-26(39)21-30(40)45-16-17-46-32-33(37(42)48-36-32)49(43,44)27-10-8-7-9-11-27/h7-13,18,22-23,25-26,28-29,31,38-39H,6,14-17,19-21H2,1-5H3/t22-,23-,25+,26+,28-,29-,31-/m0/s1. The van der Waals surface area contributed by atoms with E-state index in [-0.39, 0.29) is 71.6 Å². The number of benzene rings is 1. The fourth-order valence-corrected chi connectivity index (χ4v) is 7.64. The topological polar surface area (TPSA) is 189 Å². The first-order valence-corrected chi connectivity index (χ1v) is 18.3. The zero-order valence-corrected chi connectivity index (χ0v) is 29.5. The number of aliphatic hydroxyl groups excluding tert-OH is 2. The number of ether oxygens (including phenoxy) is 3. The van der Waals surface area contributed by atoms with Crippen molar-refractivity contribution in [3.63, 3.8) is 0 Å². The molecule has 14 heteroatoms. The van der Waals surface area contributed by atoms with E-state index in [2.05, 4.69) is 41.9 Å². The number of aromatic nitrogens is 2. The van der Waals surface area contributed by atoms with E-state index in [0.717, 1.165) is 12.0 Å². The second-order valence-corrected chi connectivity index (χ2v) is 15.6. The molecule has 1 aromatic heterocycles. The van der Waals surface area contributed by atoms with E-state index in [1.807, 2.05) is 20.8 Å². The Morgan fingerprint density at radius 1 is 1.14 bits per heavy atom. The van der Waals surface area contributed by atoms with Crippen molar-refractivity contribution in [1.29, 1.82) is 0 Å². The smallest absolute Gasteiger partial charge is 0.415 e. The SMILES string of the molecule is CCC(C)(C)C(=O)O[C@H]1C[C@@H](C)C=C2C=C[C@H](C)[C@H](CC[C@@H](O)C[C@@H](O)CC(=O)OCCOc3no[n+]([O-])c3S(=O)(=O)c3ccccc3)[C@H]21. The van der Waals surface area contributed by atoms with Gasteiger partial charge in [-0.3, -0.25) is 14.2 Å². The Balaban J connectivity index is 1.24. The van der Waals surface area contributed by atoms with Gasteiger partial charge >= 0.3 is 22.8 Å². The zero-order chi connectivity index (χ0) is 35.9. The summed E-state index contributed by atoms with van der Waals surface area (Å²) in [6.07, 6.45) is 6.21. The minimum atomic E-state index is -4.30. The molecule has 2 aromatic rings. The highest BCUT2D eigenvalue weighted by Gasteiger charge is 2.43. The Labute approximate surface area is 287 Å². The van der Waals surface area contributed by atoms with Gasteiger partial charge in [-0.25, -0.2) is 8.42 Å². The van der Waals surface area contributed by atoms with Crippen LogP contribution in [0, 0.1) is 34.3 Å². The van der Waals surface area contributed by atoms with Crippen LogP contribution in [-0.2, 0) is 28.9 Å². The van der Waals surface area contributed by atoms with Crippen molar-refractivity contribution in [2.45, 2.75) is 101 Å². The number of nitrogens with zero attached hydrogens (tertiary/aromatic N) is 2. The van der Waals surface area contributed by atoms with Crippen LogP contribution in [0.4, 0.5) is 0 Å². The van der Waals surface area contributed by atoms with Crippen molar-refractivity contribution >= 4 is 21.8 Å². The summed E-state index contributed by atoms with van der Waals surface area (Å²) in [7, 11) is -4.30. The summed E-state index contributed by atoms with van der Waals surface area (Å²) in [4.78, 5) is 25.0. The second-order valence-electron chi connectivity index (χ2n) is 13.7. The average molecular weight is 705 g/mol. The van der Waals surface area contributed by atoms with Gasteiger partial charge in [0, 0.05) is 5.92 Å². The van der Waals surface area contributed by atoms with Crippen LogP contribution in [0.15, 0.2) is 68.7 Å². The lowest BCUT2D eigenvalue weighted by Gasteiger charge is -2.44. The molecule has 1 heterocycles. The van der Waals surface area contributed by atoms with Gasteiger partial charge in [0.25, 0.3) is 9.84 Å². The van der Waals surface area contributed by atoms with Gasteiger partial charge in [0.2, 0.25) is 0 Å². The summed E-state index contributed by atoms with van der Waals surface area (Å²) in [5.41, 5.74) is 0.573. The van der Waals surface area contributed by atoms with Crippen LogP contribution in [-0.4, -0.2) is 67.3 Å². The highest BCUT2D eigenvalue weighted by atomic mass is 32.2. The molecule has 0 unspecified atom stereocenters. The molecule has 0 radical (unpaired) electrons. The van der Waals surface area contributed by atoms with Crippen molar-refractivity contribution < 1.29 is 52.0 Å².